The van der Waals surface area contributed by atoms with Crippen LogP contribution in [0.3, 0.4) is 0 Å². The number of anilines is 1. The van der Waals surface area contributed by atoms with Crippen LogP contribution in [0.15, 0.2) is 29.8 Å². The zero-order valence-electron chi connectivity index (χ0n) is 11.4. The Morgan fingerprint density at radius 1 is 1.43 bits per heavy atom. The highest BCUT2D eigenvalue weighted by molar-refractivity contribution is 8.04. The van der Waals surface area contributed by atoms with E-state index < -0.39 is 12.8 Å². The van der Waals surface area contributed by atoms with Gasteiger partial charge in [-0.15, -0.1) is 0 Å². The van der Waals surface area contributed by atoms with Crippen LogP contribution >= 0.6 is 11.8 Å². The smallest absolute Gasteiger partial charge is 0.367 e. The Morgan fingerprint density at radius 3 is 2.71 bits per heavy atom. The number of aryl methyl sites for hydroxylation is 1. The summed E-state index contributed by atoms with van der Waals surface area (Å²) in [5.41, 5.74) is 1.97. The highest BCUT2D eigenvalue weighted by Gasteiger charge is 2.30. The lowest BCUT2D eigenvalue weighted by atomic mass is 10.1. The molecule has 0 spiro atoms. The van der Waals surface area contributed by atoms with Crippen molar-refractivity contribution in [3.8, 4) is 0 Å². The lowest BCUT2D eigenvalue weighted by Gasteiger charge is -2.21. The first-order valence-electron chi connectivity index (χ1n) is 6.16. The van der Waals surface area contributed by atoms with Crippen molar-refractivity contribution in [1.29, 1.82) is 0 Å². The molecule has 0 atom stereocenters. The van der Waals surface area contributed by atoms with Crippen molar-refractivity contribution in [3.63, 3.8) is 0 Å². The summed E-state index contributed by atoms with van der Waals surface area (Å²) in [5.74, 6) is 0.156. The molecule has 0 N–H and O–H groups in total. The van der Waals surface area contributed by atoms with E-state index in [0.29, 0.717) is 16.3 Å². The third-order valence-electron chi connectivity index (χ3n) is 2.87. The van der Waals surface area contributed by atoms with E-state index in [2.05, 4.69) is 6.58 Å². The highest BCUT2D eigenvalue weighted by Crippen LogP contribution is 2.35. The van der Waals surface area contributed by atoms with E-state index in [1.165, 1.54) is 16.7 Å². The average molecular weight is 317 g/mol. The molecule has 0 bridgehead atoms. The maximum atomic E-state index is 12.1. The number of nitrogens with zero attached hydrogens (tertiary/aromatic N) is 1. The minimum Gasteiger partial charge on any atom is -0.367 e. The maximum absolute atomic E-state index is 12.1. The van der Waals surface area contributed by atoms with Gasteiger partial charge in [-0.1, -0.05) is 30.5 Å². The number of hydrogen-bond donors (Lipinski definition) is 0. The minimum atomic E-state index is -4.37. The van der Waals surface area contributed by atoms with Crippen LogP contribution in [0.2, 0.25) is 0 Å². The van der Waals surface area contributed by atoms with Crippen molar-refractivity contribution < 1.29 is 22.7 Å². The SMILES string of the molecule is C=C1SCC(=O)N1c1cc(C)ccc1COCC(F)(F)F. The fourth-order valence-electron chi connectivity index (χ4n) is 1.96. The third kappa shape index (κ3) is 4.01. The van der Waals surface area contributed by atoms with Crippen LogP contribution in [0, 0.1) is 6.92 Å². The van der Waals surface area contributed by atoms with Crippen LogP contribution in [0.5, 0.6) is 0 Å². The van der Waals surface area contributed by atoms with Crippen LogP contribution in [-0.4, -0.2) is 24.4 Å². The number of carbonyl (C=O) groups is 1. The van der Waals surface area contributed by atoms with E-state index in [1.807, 2.05) is 6.92 Å². The molecule has 0 saturated carbocycles. The molecule has 7 heteroatoms. The second kappa shape index (κ2) is 6.11. The van der Waals surface area contributed by atoms with E-state index in [9.17, 15) is 18.0 Å². The zero-order chi connectivity index (χ0) is 15.6. The van der Waals surface area contributed by atoms with E-state index in [0.717, 1.165) is 5.56 Å². The Kier molecular flexibility index (Phi) is 4.63. The molecule has 2 rings (SSSR count). The molecule has 114 valence electrons. The summed E-state index contributed by atoms with van der Waals surface area (Å²) >= 11 is 1.31. The third-order valence-corrected chi connectivity index (χ3v) is 3.77. The number of benzene rings is 1. The number of alkyl halides is 3. The van der Waals surface area contributed by atoms with Crippen molar-refractivity contribution >= 4 is 23.4 Å². The number of rotatable bonds is 4. The molecule has 3 nitrogen and oxygen atoms in total. The van der Waals surface area contributed by atoms with Crippen molar-refractivity contribution in [2.75, 3.05) is 17.3 Å². The molecule has 0 radical (unpaired) electrons. The van der Waals surface area contributed by atoms with Gasteiger partial charge in [0.1, 0.15) is 6.61 Å². The number of hydrogen-bond acceptors (Lipinski definition) is 3. The van der Waals surface area contributed by atoms with Crippen LogP contribution < -0.4 is 4.90 Å². The van der Waals surface area contributed by atoms with E-state index in [4.69, 9.17) is 4.74 Å². The summed E-state index contributed by atoms with van der Waals surface area (Å²) < 4.78 is 41.1. The standard InChI is InChI=1S/C14H14F3NO2S/c1-9-3-4-11(6-20-8-14(15,16)17)12(5-9)18-10(2)21-7-13(18)19/h3-5H,2,6-8H2,1H3. The lowest BCUT2D eigenvalue weighted by Crippen LogP contribution is -2.25. The zero-order valence-corrected chi connectivity index (χ0v) is 12.2. The van der Waals surface area contributed by atoms with E-state index in [-0.39, 0.29) is 18.3 Å². The predicted molar refractivity (Wildman–Crippen MR) is 76.0 cm³/mol. The van der Waals surface area contributed by atoms with Gasteiger partial charge in [-0.05, 0) is 18.6 Å². The van der Waals surface area contributed by atoms with E-state index in [1.54, 1.807) is 18.2 Å². The van der Waals surface area contributed by atoms with Crippen LogP contribution in [0.4, 0.5) is 18.9 Å². The van der Waals surface area contributed by atoms with Gasteiger partial charge < -0.3 is 4.74 Å². The average Bonchev–Trinajstić information content (AvgIpc) is 2.69. The number of halogens is 3. The monoisotopic (exact) mass is 317 g/mol. The quantitative estimate of drug-likeness (QED) is 0.849. The number of carbonyl (C=O) groups excluding carboxylic acids is 1. The second-order valence-corrected chi connectivity index (χ2v) is 5.70. The van der Waals surface area contributed by atoms with Gasteiger partial charge in [0.05, 0.1) is 23.1 Å². The van der Waals surface area contributed by atoms with Gasteiger partial charge in [0.2, 0.25) is 5.91 Å². The Labute approximate surface area is 124 Å². The molecule has 1 amide bonds. The molecular formula is C14H14F3NO2S. The summed E-state index contributed by atoms with van der Waals surface area (Å²) in [5, 5.41) is 0.572. The molecule has 21 heavy (non-hydrogen) atoms. The molecule has 0 aliphatic carbocycles. The maximum Gasteiger partial charge on any atom is 0.411 e. The van der Waals surface area contributed by atoms with Gasteiger partial charge in [-0.25, -0.2) is 0 Å². The topological polar surface area (TPSA) is 29.5 Å². The van der Waals surface area contributed by atoms with Gasteiger partial charge >= 0.3 is 6.18 Å². The van der Waals surface area contributed by atoms with Crippen LogP contribution in [0.1, 0.15) is 11.1 Å². The molecule has 0 unspecified atom stereocenters. The molecule has 1 heterocycles. The van der Waals surface area contributed by atoms with Gasteiger partial charge in [0.15, 0.2) is 0 Å². The molecule has 1 fully saturated rings. The largest absolute Gasteiger partial charge is 0.411 e. The molecule has 1 aliphatic rings. The second-order valence-electron chi connectivity index (χ2n) is 4.65. The number of ether oxygens (including phenoxy) is 1. The van der Waals surface area contributed by atoms with Crippen molar-refractivity contribution in [1.82, 2.24) is 0 Å². The van der Waals surface area contributed by atoms with Gasteiger partial charge in [0.25, 0.3) is 0 Å². The first kappa shape index (κ1) is 15.9. The van der Waals surface area contributed by atoms with Gasteiger partial charge in [-0.3, -0.25) is 9.69 Å². The molecule has 1 aromatic rings. The molecule has 1 aromatic carbocycles. The summed E-state index contributed by atoms with van der Waals surface area (Å²) in [4.78, 5) is 13.3. The number of amides is 1. The fourth-order valence-corrected chi connectivity index (χ4v) is 2.71. The Balaban J connectivity index is 2.22. The first-order valence-corrected chi connectivity index (χ1v) is 7.15. The summed E-state index contributed by atoms with van der Waals surface area (Å²) in [6.45, 7) is 4.12. The Hall–Kier alpha value is -1.47. The molecular weight excluding hydrogens is 303 g/mol. The van der Waals surface area contributed by atoms with E-state index >= 15 is 0 Å². The van der Waals surface area contributed by atoms with Crippen LogP contribution in [-0.2, 0) is 16.1 Å². The summed E-state index contributed by atoms with van der Waals surface area (Å²) in [6, 6.07) is 5.19. The summed E-state index contributed by atoms with van der Waals surface area (Å²) in [6.07, 6.45) is -4.37. The van der Waals surface area contributed by atoms with Crippen molar-refractivity contribution in [2.45, 2.75) is 19.7 Å². The molecule has 1 saturated heterocycles. The fraction of sp³-hybridized carbons (Fsp3) is 0.357. The van der Waals surface area contributed by atoms with Gasteiger partial charge in [-0.2, -0.15) is 13.2 Å². The molecule has 1 aliphatic heterocycles. The Morgan fingerprint density at radius 2 is 2.14 bits per heavy atom. The predicted octanol–water partition coefficient (Wildman–Crippen LogP) is 3.62. The van der Waals surface area contributed by atoms with Crippen LogP contribution in [0.25, 0.3) is 0 Å². The van der Waals surface area contributed by atoms with Gasteiger partial charge in [0, 0.05) is 5.56 Å². The minimum absolute atomic E-state index is 0.132. The Bertz CT molecular complexity index is 556. The number of thioether (sulfide) groups is 1. The van der Waals surface area contributed by atoms with Crippen molar-refractivity contribution in [2.24, 2.45) is 0 Å². The lowest BCUT2D eigenvalue weighted by molar-refractivity contribution is -0.176. The summed E-state index contributed by atoms with van der Waals surface area (Å²) in [7, 11) is 0. The highest BCUT2D eigenvalue weighted by atomic mass is 32.2. The molecule has 0 aromatic heterocycles. The van der Waals surface area contributed by atoms with Crippen molar-refractivity contribution in [3.05, 3.63) is 40.9 Å². The normalized spacial score (nSPS) is 15.9. The first-order chi connectivity index (χ1) is 9.78.